The highest BCUT2D eigenvalue weighted by Gasteiger charge is 2.12. The molecule has 4 nitrogen and oxygen atoms in total. The number of hydrogen-bond donors (Lipinski definition) is 2. The number of rotatable bonds is 3. The highest BCUT2D eigenvalue weighted by Crippen LogP contribution is 2.23. The number of aryl methyl sites for hydroxylation is 2. The summed E-state index contributed by atoms with van der Waals surface area (Å²) in [6, 6.07) is 7.64. The van der Waals surface area contributed by atoms with Gasteiger partial charge in [-0.1, -0.05) is 6.07 Å². The van der Waals surface area contributed by atoms with Gasteiger partial charge in [-0.2, -0.15) is 0 Å². The van der Waals surface area contributed by atoms with Gasteiger partial charge in [0.2, 0.25) is 0 Å². The normalized spacial score (nSPS) is 10.3. The van der Waals surface area contributed by atoms with Crippen LogP contribution in [-0.4, -0.2) is 13.0 Å². The minimum absolute atomic E-state index is 0.0768. The van der Waals surface area contributed by atoms with E-state index in [0.29, 0.717) is 16.9 Å². The first-order chi connectivity index (χ1) is 9.92. The fourth-order valence-corrected chi connectivity index (χ4v) is 2.05. The van der Waals surface area contributed by atoms with Crippen LogP contribution in [0.1, 0.15) is 21.5 Å². The Morgan fingerprint density at radius 1 is 1.19 bits per heavy atom. The molecule has 0 fully saturated rings. The molecule has 0 aromatic heterocycles. The van der Waals surface area contributed by atoms with Crippen molar-refractivity contribution in [1.29, 1.82) is 0 Å². The number of benzene rings is 2. The maximum atomic E-state index is 13.3. The smallest absolute Gasteiger partial charge is 0.256 e. The van der Waals surface area contributed by atoms with Crippen LogP contribution in [0.25, 0.3) is 0 Å². The molecule has 3 N–H and O–H groups in total. The summed E-state index contributed by atoms with van der Waals surface area (Å²) in [7, 11) is 1.37. The van der Waals surface area contributed by atoms with E-state index in [4.69, 9.17) is 10.5 Å². The first-order valence-corrected chi connectivity index (χ1v) is 6.44. The van der Waals surface area contributed by atoms with Crippen molar-refractivity contribution in [3.05, 3.63) is 52.8 Å². The summed E-state index contributed by atoms with van der Waals surface area (Å²) in [6.07, 6.45) is 0. The highest BCUT2D eigenvalue weighted by atomic mass is 19.1. The van der Waals surface area contributed by atoms with Gasteiger partial charge < -0.3 is 15.8 Å². The lowest BCUT2D eigenvalue weighted by molar-refractivity contribution is 0.102. The van der Waals surface area contributed by atoms with Crippen LogP contribution in [0.15, 0.2) is 30.3 Å². The van der Waals surface area contributed by atoms with E-state index in [1.54, 1.807) is 6.07 Å². The molecule has 2 rings (SSSR count). The summed E-state index contributed by atoms with van der Waals surface area (Å²) in [5.74, 6) is -0.702. The van der Waals surface area contributed by atoms with Gasteiger partial charge in [-0.05, 0) is 43.2 Å². The van der Waals surface area contributed by atoms with E-state index in [9.17, 15) is 9.18 Å². The minimum Gasteiger partial charge on any atom is -0.494 e. The van der Waals surface area contributed by atoms with Crippen molar-refractivity contribution in [1.82, 2.24) is 0 Å². The van der Waals surface area contributed by atoms with Gasteiger partial charge in [-0.25, -0.2) is 4.39 Å². The quantitative estimate of drug-likeness (QED) is 0.852. The Kier molecular flexibility index (Phi) is 4.12. The number of carbonyl (C=O) groups excluding carboxylic acids is 1. The van der Waals surface area contributed by atoms with Crippen molar-refractivity contribution < 1.29 is 13.9 Å². The van der Waals surface area contributed by atoms with Gasteiger partial charge in [-0.3, -0.25) is 4.79 Å². The number of nitrogens with two attached hydrogens (primary N) is 1. The van der Waals surface area contributed by atoms with Crippen LogP contribution in [-0.2, 0) is 0 Å². The van der Waals surface area contributed by atoms with Crippen molar-refractivity contribution in [2.24, 2.45) is 0 Å². The fraction of sp³-hybridized carbons (Fsp3) is 0.188. The number of nitrogen functional groups attached to an aromatic ring is 1. The zero-order chi connectivity index (χ0) is 15.6. The maximum Gasteiger partial charge on any atom is 0.256 e. The number of carbonyl (C=O) groups is 1. The second-order valence-electron chi connectivity index (χ2n) is 4.83. The van der Waals surface area contributed by atoms with Gasteiger partial charge in [0, 0.05) is 23.0 Å². The average Bonchev–Trinajstić information content (AvgIpc) is 2.44. The van der Waals surface area contributed by atoms with E-state index in [0.717, 1.165) is 11.1 Å². The molecule has 2 aromatic rings. The number of hydrogen-bond acceptors (Lipinski definition) is 3. The third-order valence-corrected chi connectivity index (χ3v) is 3.27. The molecule has 21 heavy (non-hydrogen) atoms. The number of amides is 1. The van der Waals surface area contributed by atoms with Crippen LogP contribution in [0.4, 0.5) is 15.8 Å². The van der Waals surface area contributed by atoms with E-state index >= 15 is 0 Å². The number of methoxy groups -OCH3 is 1. The Hall–Kier alpha value is -2.56. The largest absolute Gasteiger partial charge is 0.494 e. The monoisotopic (exact) mass is 288 g/mol. The third-order valence-electron chi connectivity index (χ3n) is 3.27. The molecule has 0 aliphatic carbocycles. The zero-order valence-electron chi connectivity index (χ0n) is 12.2. The Balaban J connectivity index is 2.28. The van der Waals surface area contributed by atoms with Gasteiger partial charge in [0.1, 0.15) is 0 Å². The number of anilines is 2. The Morgan fingerprint density at radius 3 is 2.57 bits per heavy atom. The molecule has 0 atom stereocenters. The van der Waals surface area contributed by atoms with Gasteiger partial charge in [0.05, 0.1) is 7.11 Å². The molecule has 110 valence electrons. The molecule has 0 aliphatic rings. The molecule has 0 saturated carbocycles. The first-order valence-electron chi connectivity index (χ1n) is 6.44. The Labute approximate surface area is 122 Å². The van der Waals surface area contributed by atoms with E-state index in [2.05, 4.69) is 5.32 Å². The van der Waals surface area contributed by atoms with Crippen LogP contribution >= 0.6 is 0 Å². The molecule has 5 heteroatoms. The highest BCUT2D eigenvalue weighted by molar-refractivity contribution is 6.06. The first kappa shape index (κ1) is 14.8. The summed E-state index contributed by atoms with van der Waals surface area (Å²) in [4.78, 5) is 12.3. The molecular weight excluding hydrogens is 271 g/mol. The molecule has 0 bridgehead atoms. The predicted molar refractivity (Wildman–Crippen MR) is 81.2 cm³/mol. The molecule has 0 radical (unpaired) electrons. The summed E-state index contributed by atoms with van der Waals surface area (Å²) in [5.41, 5.74) is 9.09. The molecule has 0 unspecified atom stereocenters. The third kappa shape index (κ3) is 3.13. The fourth-order valence-electron chi connectivity index (χ4n) is 2.05. The van der Waals surface area contributed by atoms with Crippen LogP contribution in [0, 0.1) is 19.7 Å². The minimum atomic E-state index is -0.480. The number of halogens is 1. The SMILES string of the molecule is COc1cc(NC(=O)c2cc(N)c(C)cc2C)ccc1F. The van der Waals surface area contributed by atoms with Crippen molar-refractivity contribution in [3.8, 4) is 5.75 Å². The number of nitrogens with one attached hydrogen (secondary N) is 1. The predicted octanol–water partition coefficient (Wildman–Crippen LogP) is 3.29. The second-order valence-corrected chi connectivity index (χ2v) is 4.83. The van der Waals surface area contributed by atoms with Gasteiger partial charge in [-0.15, -0.1) is 0 Å². The maximum absolute atomic E-state index is 13.3. The Bertz CT molecular complexity index is 699. The zero-order valence-corrected chi connectivity index (χ0v) is 12.2. The van der Waals surface area contributed by atoms with Crippen LogP contribution in [0.3, 0.4) is 0 Å². The summed E-state index contributed by atoms with van der Waals surface area (Å²) in [5, 5.41) is 2.71. The topological polar surface area (TPSA) is 64.3 Å². The van der Waals surface area contributed by atoms with Crippen molar-refractivity contribution in [2.45, 2.75) is 13.8 Å². The summed E-state index contributed by atoms with van der Waals surface area (Å²) < 4.78 is 18.2. The summed E-state index contributed by atoms with van der Waals surface area (Å²) in [6.45, 7) is 3.72. The van der Waals surface area contributed by atoms with Gasteiger partial charge in [0.15, 0.2) is 11.6 Å². The van der Waals surface area contributed by atoms with Crippen molar-refractivity contribution in [2.75, 3.05) is 18.2 Å². The van der Waals surface area contributed by atoms with E-state index in [1.807, 2.05) is 19.9 Å². The molecule has 1 amide bonds. The molecule has 2 aromatic carbocycles. The lowest BCUT2D eigenvalue weighted by Gasteiger charge is -2.11. The number of ether oxygens (including phenoxy) is 1. The van der Waals surface area contributed by atoms with E-state index < -0.39 is 5.82 Å². The van der Waals surface area contributed by atoms with Crippen LogP contribution in [0.2, 0.25) is 0 Å². The average molecular weight is 288 g/mol. The molecule has 0 heterocycles. The molecule has 0 saturated heterocycles. The Morgan fingerprint density at radius 2 is 1.90 bits per heavy atom. The van der Waals surface area contributed by atoms with Crippen molar-refractivity contribution in [3.63, 3.8) is 0 Å². The standard InChI is InChI=1S/C16H17FN2O2/c1-9-6-10(2)14(18)8-12(9)16(20)19-11-4-5-13(17)15(7-11)21-3/h4-8H,18H2,1-3H3,(H,19,20). The van der Waals surface area contributed by atoms with Crippen LogP contribution in [0.5, 0.6) is 5.75 Å². The lowest BCUT2D eigenvalue weighted by atomic mass is 10.0. The summed E-state index contributed by atoms with van der Waals surface area (Å²) >= 11 is 0. The lowest BCUT2D eigenvalue weighted by Crippen LogP contribution is -2.14. The molecule has 0 aliphatic heterocycles. The molecular formula is C16H17FN2O2. The second kappa shape index (κ2) is 5.83. The van der Waals surface area contributed by atoms with Crippen molar-refractivity contribution >= 4 is 17.3 Å². The van der Waals surface area contributed by atoms with Gasteiger partial charge >= 0.3 is 0 Å². The van der Waals surface area contributed by atoms with E-state index in [-0.39, 0.29) is 11.7 Å². The van der Waals surface area contributed by atoms with Gasteiger partial charge in [0.25, 0.3) is 5.91 Å². The molecule has 0 spiro atoms. The van der Waals surface area contributed by atoms with Crippen LogP contribution < -0.4 is 15.8 Å². The van der Waals surface area contributed by atoms with E-state index in [1.165, 1.54) is 25.3 Å².